The van der Waals surface area contributed by atoms with Gasteiger partial charge in [-0.3, -0.25) is 0 Å². The van der Waals surface area contributed by atoms with E-state index in [-0.39, 0.29) is 11.9 Å². The average Bonchev–Trinajstić information content (AvgIpc) is 2.87. The van der Waals surface area contributed by atoms with Crippen LogP contribution in [-0.4, -0.2) is 26.7 Å². The fraction of sp³-hybridized carbons (Fsp3) is 0.294. The van der Waals surface area contributed by atoms with Gasteiger partial charge in [-0.25, -0.2) is 4.39 Å². The molecule has 0 aromatic heterocycles. The van der Waals surface area contributed by atoms with Gasteiger partial charge in [0.05, 0.1) is 6.54 Å². The first-order chi connectivity index (χ1) is 10.1. The Morgan fingerprint density at radius 1 is 1.24 bits per heavy atom. The number of nitrogens with zero attached hydrogens (tertiary/aromatic N) is 1. The molecule has 3 nitrogen and oxygen atoms in total. The molecule has 1 unspecified atom stereocenters. The number of benzene rings is 2. The molecule has 0 spiro atoms. The smallest absolute Gasteiger partial charge is 0.123 e. The highest BCUT2D eigenvalue weighted by atomic mass is 19.1. The summed E-state index contributed by atoms with van der Waals surface area (Å²) < 4.78 is 19.0. The Hall–Kier alpha value is -2.23. The van der Waals surface area contributed by atoms with Crippen molar-refractivity contribution in [2.75, 3.05) is 30.9 Å². The second-order valence-electron chi connectivity index (χ2n) is 5.52. The molecular weight excluding hydrogens is 267 g/mol. The number of hydrogen-bond donors (Lipinski definition) is 1. The molecule has 1 aliphatic heterocycles. The summed E-state index contributed by atoms with van der Waals surface area (Å²) in [7, 11) is 4.04. The Balaban J connectivity index is 1.61. The molecule has 4 heteroatoms. The molecule has 0 saturated heterocycles. The molecule has 2 aromatic rings. The summed E-state index contributed by atoms with van der Waals surface area (Å²) in [6, 6.07) is 12.9. The zero-order chi connectivity index (χ0) is 14.8. The van der Waals surface area contributed by atoms with E-state index in [0.717, 1.165) is 29.1 Å². The average molecular weight is 286 g/mol. The van der Waals surface area contributed by atoms with E-state index in [1.807, 2.05) is 26.2 Å². The second-order valence-corrected chi connectivity index (χ2v) is 5.52. The van der Waals surface area contributed by atoms with Crippen molar-refractivity contribution in [3.05, 3.63) is 53.8 Å². The summed E-state index contributed by atoms with van der Waals surface area (Å²) in [4.78, 5) is 2.07. The van der Waals surface area contributed by atoms with Crippen molar-refractivity contribution in [1.82, 2.24) is 0 Å². The van der Waals surface area contributed by atoms with Crippen molar-refractivity contribution >= 4 is 11.4 Å². The van der Waals surface area contributed by atoms with Crippen molar-refractivity contribution in [3.63, 3.8) is 0 Å². The standard InChI is InChI=1S/C17H19FN2O/c1-20(2)15-5-3-4-14(10-15)19-11-16-9-12-8-13(18)6-7-17(12)21-16/h3-8,10,16,19H,9,11H2,1-2H3. The Morgan fingerprint density at radius 3 is 2.90 bits per heavy atom. The molecule has 2 aromatic carbocycles. The third-order valence-electron chi connectivity index (χ3n) is 3.66. The van der Waals surface area contributed by atoms with E-state index in [1.165, 1.54) is 6.07 Å². The minimum atomic E-state index is -0.204. The van der Waals surface area contributed by atoms with Crippen LogP contribution in [-0.2, 0) is 6.42 Å². The van der Waals surface area contributed by atoms with Crippen LogP contribution in [0.2, 0.25) is 0 Å². The van der Waals surface area contributed by atoms with Gasteiger partial charge in [0.15, 0.2) is 0 Å². The number of ether oxygens (including phenoxy) is 1. The molecule has 21 heavy (non-hydrogen) atoms. The largest absolute Gasteiger partial charge is 0.488 e. The molecule has 0 amide bonds. The minimum absolute atomic E-state index is 0.0461. The zero-order valence-electron chi connectivity index (χ0n) is 12.3. The molecule has 0 aliphatic carbocycles. The first-order valence-electron chi connectivity index (χ1n) is 7.08. The fourth-order valence-corrected chi connectivity index (χ4v) is 2.53. The summed E-state index contributed by atoms with van der Waals surface area (Å²) in [5.41, 5.74) is 3.16. The van der Waals surface area contributed by atoms with E-state index in [0.29, 0.717) is 6.54 Å². The first-order valence-corrected chi connectivity index (χ1v) is 7.08. The Morgan fingerprint density at radius 2 is 2.10 bits per heavy atom. The fourth-order valence-electron chi connectivity index (χ4n) is 2.53. The lowest BCUT2D eigenvalue weighted by Crippen LogP contribution is -2.24. The van der Waals surface area contributed by atoms with Gasteiger partial charge in [0.1, 0.15) is 17.7 Å². The van der Waals surface area contributed by atoms with Gasteiger partial charge < -0.3 is 15.0 Å². The van der Waals surface area contributed by atoms with Gasteiger partial charge >= 0.3 is 0 Å². The molecule has 3 rings (SSSR count). The van der Waals surface area contributed by atoms with Gasteiger partial charge in [-0.2, -0.15) is 0 Å². The number of anilines is 2. The molecule has 1 heterocycles. The first kappa shape index (κ1) is 13.7. The molecule has 0 saturated carbocycles. The predicted molar refractivity (Wildman–Crippen MR) is 83.8 cm³/mol. The zero-order valence-corrected chi connectivity index (χ0v) is 12.3. The van der Waals surface area contributed by atoms with Crippen molar-refractivity contribution in [2.24, 2.45) is 0 Å². The SMILES string of the molecule is CN(C)c1cccc(NCC2Cc3cc(F)ccc3O2)c1. The van der Waals surface area contributed by atoms with E-state index in [1.54, 1.807) is 12.1 Å². The maximum Gasteiger partial charge on any atom is 0.123 e. The van der Waals surface area contributed by atoms with Crippen LogP contribution in [0.15, 0.2) is 42.5 Å². The predicted octanol–water partition coefficient (Wildman–Crippen LogP) is 3.31. The molecule has 110 valence electrons. The number of halogens is 1. The maximum atomic E-state index is 13.2. The van der Waals surface area contributed by atoms with Crippen LogP contribution in [0.5, 0.6) is 5.75 Å². The van der Waals surface area contributed by atoms with Crippen molar-refractivity contribution in [1.29, 1.82) is 0 Å². The highest BCUT2D eigenvalue weighted by Gasteiger charge is 2.22. The van der Waals surface area contributed by atoms with Gasteiger partial charge in [-0.05, 0) is 36.4 Å². The van der Waals surface area contributed by atoms with Crippen LogP contribution < -0.4 is 15.0 Å². The lowest BCUT2D eigenvalue weighted by atomic mass is 10.1. The maximum absolute atomic E-state index is 13.2. The molecule has 0 fully saturated rings. The van der Waals surface area contributed by atoms with E-state index in [2.05, 4.69) is 22.3 Å². The molecule has 1 aliphatic rings. The molecule has 0 bridgehead atoms. The lowest BCUT2D eigenvalue weighted by Gasteiger charge is -2.16. The van der Waals surface area contributed by atoms with Crippen LogP contribution in [0.25, 0.3) is 0 Å². The number of hydrogen-bond acceptors (Lipinski definition) is 3. The highest BCUT2D eigenvalue weighted by Crippen LogP contribution is 2.29. The van der Waals surface area contributed by atoms with Crippen molar-refractivity contribution < 1.29 is 9.13 Å². The summed E-state index contributed by atoms with van der Waals surface area (Å²) in [6.45, 7) is 0.702. The summed E-state index contributed by atoms with van der Waals surface area (Å²) >= 11 is 0. The Bertz CT molecular complexity index is 642. The third-order valence-corrected chi connectivity index (χ3v) is 3.66. The van der Waals surface area contributed by atoms with Crippen LogP contribution in [0, 0.1) is 5.82 Å². The van der Waals surface area contributed by atoms with Crippen LogP contribution in [0.3, 0.4) is 0 Å². The van der Waals surface area contributed by atoms with Gasteiger partial charge in [0.25, 0.3) is 0 Å². The van der Waals surface area contributed by atoms with Gasteiger partial charge in [0.2, 0.25) is 0 Å². The van der Waals surface area contributed by atoms with Gasteiger partial charge in [-0.1, -0.05) is 6.07 Å². The highest BCUT2D eigenvalue weighted by molar-refractivity contribution is 5.57. The Kier molecular flexibility index (Phi) is 3.69. The van der Waals surface area contributed by atoms with Gasteiger partial charge in [-0.15, -0.1) is 0 Å². The molecule has 1 atom stereocenters. The Labute approximate surface area is 124 Å². The summed E-state index contributed by atoms with van der Waals surface area (Å²) in [6.07, 6.45) is 0.790. The van der Waals surface area contributed by atoms with Crippen molar-refractivity contribution in [2.45, 2.75) is 12.5 Å². The van der Waals surface area contributed by atoms with E-state index in [9.17, 15) is 4.39 Å². The quantitative estimate of drug-likeness (QED) is 0.933. The molecular formula is C17H19FN2O. The van der Waals surface area contributed by atoms with Crippen LogP contribution >= 0.6 is 0 Å². The number of fused-ring (bicyclic) bond motifs is 1. The van der Waals surface area contributed by atoms with Crippen LogP contribution in [0.4, 0.5) is 15.8 Å². The number of nitrogens with one attached hydrogen (secondary N) is 1. The number of rotatable bonds is 4. The summed E-state index contributed by atoms with van der Waals surface area (Å²) in [5.74, 6) is 0.592. The van der Waals surface area contributed by atoms with Crippen LogP contribution in [0.1, 0.15) is 5.56 Å². The van der Waals surface area contributed by atoms with Gasteiger partial charge in [0, 0.05) is 37.5 Å². The van der Waals surface area contributed by atoms with Crippen molar-refractivity contribution in [3.8, 4) is 5.75 Å². The third kappa shape index (κ3) is 3.10. The second kappa shape index (κ2) is 5.64. The molecule has 1 N–H and O–H groups in total. The van der Waals surface area contributed by atoms with E-state index < -0.39 is 0 Å². The monoisotopic (exact) mass is 286 g/mol. The van der Waals surface area contributed by atoms with E-state index >= 15 is 0 Å². The molecule has 0 radical (unpaired) electrons. The minimum Gasteiger partial charge on any atom is -0.488 e. The topological polar surface area (TPSA) is 24.5 Å². The lowest BCUT2D eigenvalue weighted by molar-refractivity contribution is 0.246. The summed E-state index contributed by atoms with van der Waals surface area (Å²) in [5, 5.41) is 3.39. The normalized spacial score (nSPS) is 16.2. The van der Waals surface area contributed by atoms with E-state index in [4.69, 9.17) is 4.74 Å².